The second-order valence-electron chi connectivity index (χ2n) is 5.20. The van der Waals surface area contributed by atoms with E-state index in [0.29, 0.717) is 13.0 Å². The Hall–Kier alpha value is -1.76. The molecule has 0 bridgehead atoms. The minimum atomic E-state index is -3.02. The molecule has 1 amide bonds. The first kappa shape index (κ1) is 15.6. The zero-order valence-corrected chi connectivity index (χ0v) is 11.8. The molecule has 1 aliphatic rings. The second-order valence-corrected chi connectivity index (χ2v) is 5.20. The number of halogens is 2. The Labute approximate surface area is 121 Å². The topological polar surface area (TPSA) is 77.2 Å². The molecule has 0 aromatic carbocycles. The predicted molar refractivity (Wildman–Crippen MR) is 73.0 cm³/mol. The van der Waals surface area contributed by atoms with Crippen LogP contribution in [0.5, 0.6) is 5.88 Å². The van der Waals surface area contributed by atoms with E-state index in [2.05, 4.69) is 10.3 Å². The Morgan fingerprint density at radius 1 is 1.57 bits per heavy atom. The summed E-state index contributed by atoms with van der Waals surface area (Å²) < 4.78 is 33.2. The lowest BCUT2D eigenvalue weighted by molar-refractivity contribution is -0.123. The van der Waals surface area contributed by atoms with Crippen LogP contribution in [0.25, 0.3) is 0 Å². The normalized spacial score (nSPS) is 22.2. The number of aromatic nitrogens is 1. The highest BCUT2D eigenvalue weighted by molar-refractivity contribution is 5.81. The van der Waals surface area contributed by atoms with Gasteiger partial charge < -0.3 is 15.8 Å². The number of nitrogens with zero attached hydrogens (tertiary/aromatic N) is 1. The molecule has 116 valence electrons. The smallest absolute Gasteiger partial charge is 0.273 e. The van der Waals surface area contributed by atoms with Crippen molar-refractivity contribution in [2.45, 2.75) is 31.2 Å². The van der Waals surface area contributed by atoms with Crippen molar-refractivity contribution in [1.82, 2.24) is 10.3 Å². The molecule has 3 N–H and O–H groups in total. The van der Waals surface area contributed by atoms with Crippen LogP contribution < -0.4 is 15.8 Å². The molecule has 5 nitrogen and oxygen atoms in total. The first-order valence-corrected chi connectivity index (χ1v) is 6.85. The van der Waals surface area contributed by atoms with E-state index >= 15 is 0 Å². The molecule has 1 aromatic heterocycles. The van der Waals surface area contributed by atoms with Crippen molar-refractivity contribution in [2.75, 3.05) is 13.7 Å². The molecule has 1 saturated heterocycles. The summed E-state index contributed by atoms with van der Waals surface area (Å²) in [6.07, 6.45) is 1.54. The molecule has 0 unspecified atom stereocenters. The number of carbonyl (C=O) groups is 1. The Morgan fingerprint density at radius 2 is 2.33 bits per heavy atom. The maximum Gasteiger partial charge on any atom is 0.273 e. The molecule has 1 aromatic rings. The van der Waals surface area contributed by atoms with E-state index in [1.807, 2.05) is 0 Å². The van der Waals surface area contributed by atoms with Crippen LogP contribution in [-0.2, 0) is 10.7 Å². The number of nitrogens with two attached hydrogens (primary N) is 1. The van der Waals surface area contributed by atoms with Crippen molar-refractivity contribution in [2.24, 2.45) is 11.7 Å². The van der Waals surface area contributed by atoms with Gasteiger partial charge in [0.15, 0.2) is 0 Å². The molecule has 1 aliphatic heterocycles. The van der Waals surface area contributed by atoms with E-state index in [4.69, 9.17) is 10.5 Å². The van der Waals surface area contributed by atoms with Crippen molar-refractivity contribution >= 4 is 5.91 Å². The molecule has 1 fully saturated rings. The number of hydrogen-bond acceptors (Lipinski definition) is 4. The van der Waals surface area contributed by atoms with Gasteiger partial charge in [-0.3, -0.25) is 4.79 Å². The van der Waals surface area contributed by atoms with Gasteiger partial charge in [0, 0.05) is 42.8 Å². The Bertz CT molecular complexity index is 511. The van der Waals surface area contributed by atoms with Gasteiger partial charge in [0.1, 0.15) is 0 Å². The molecule has 2 heterocycles. The van der Waals surface area contributed by atoms with Crippen LogP contribution in [0.4, 0.5) is 8.78 Å². The molecule has 0 radical (unpaired) electrons. The summed E-state index contributed by atoms with van der Waals surface area (Å²) >= 11 is 0. The monoisotopic (exact) mass is 299 g/mol. The van der Waals surface area contributed by atoms with Gasteiger partial charge in [-0.05, 0) is 18.9 Å². The van der Waals surface area contributed by atoms with E-state index in [-0.39, 0.29) is 29.8 Å². The maximum atomic E-state index is 14.2. The summed E-state index contributed by atoms with van der Waals surface area (Å²) in [6, 6.07) is 2.38. The van der Waals surface area contributed by atoms with Crippen molar-refractivity contribution in [3.8, 4) is 5.88 Å². The summed E-state index contributed by atoms with van der Waals surface area (Å²) in [5.41, 5.74) is 5.33. The summed E-state index contributed by atoms with van der Waals surface area (Å²) in [4.78, 5) is 15.5. The highest BCUT2D eigenvalue weighted by Crippen LogP contribution is 2.36. The predicted octanol–water partition coefficient (Wildman–Crippen LogP) is 1.43. The van der Waals surface area contributed by atoms with Crippen LogP contribution in [0.3, 0.4) is 0 Å². The van der Waals surface area contributed by atoms with Gasteiger partial charge in [0.05, 0.1) is 7.11 Å². The molecule has 2 rings (SSSR count). The molecule has 0 aliphatic carbocycles. The molecule has 2 atom stereocenters. The third-order valence-electron chi connectivity index (χ3n) is 3.74. The van der Waals surface area contributed by atoms with E-state index in [1.54, 1.807) is 0 Å². The number of methoxy groups -OCH3 is 1. The number of alkyl halides is 2. The Morgan fingerprint density at radius 3 is 2.95 bits per heavy atom. The maximum absolute atomic E-state index is 14.2. The standard InChI is InChI=1S/C14H19F2N3O2/c1-21-12-7-10(3-5-18-12)14(15,16)4-2-9-6-11(8-17)19-13(9)20/h3,5,7,9,11H,2,4,6,8,17H2,1H3,(H,19,20)/t9-,11-/m0/s1. The van der Waals surface area contributed by atoms with E-state index in [0.717, 1.165) is 0 Å². The van der Waals surface area contributed by atoms with Crippen molar-refractivity contribution in [1.29, 1.82) is 0 Å². The van der Waals surface area contributed by atoms with Crippen LogP contribution in [-0.4, -0.2) is 30.6 Å². The van der Waals surface area contributed by atoms with Crippen LogP contribution in [0.2, 0.25) is 0 Å². The van der Waals surface area contributed by atoms with E-state index < -0.39 is 18.3 Å². The Kier molecular flexibility index (Phi) is 4.72. The number of ether oxygens (including phenoxy) is 1. The first-order chi connectivity index (χ1) is 9.96. The summed E-state index contributed by atoms with van der Waals surface area (Å²) in [7, 11) is 1.38. The number of hydrogen-bond donors (Lipinski definition) is 2. The van der Waals surface area contributed by atoms with Gasteiger partial charge in [-0.25, -0.2) is 13.8 Å². The van der Waals surface area contributed by atoms with E-state index in [1.165, 1.54) is 25.4 Å². The Balaban J connectivity index is 1.99. The molecule has 0 spiro atoms. The van der Waals surface area contributed by atoms with Crippen molar-refractivity contribution in [3.63, 3.8) is 0 Å². The zero-order valence-electron chi connectivity index (χ0n) is 11.8. The summed E-state index contributed by atoms with van der Waals surface area (Å²) in [5, 5.41) is 2.71. The fourth-order valence-electron chi connectivity index (χ4n) is 2.48. The van der Waals surface area contributed by atoms with Gasteiger partial charge >= 0.3 is 0 Å². The third-order valence-corrected chi connectivity index (χ3v) is 3.74. The quantitative estimate of drug-likeness (QED) is 0.833. The number of nitrogens with one attached hydrogen (secondary N) is 1. The van der Waals surface area contributed by atoms with Crippen molar-refractivity contribution in [3.05, 3.63) is 23.9 Å². The van der Waals surface area contributed by atoms with Gasteiger partial charge in [0.25, 0.3) is 5.92 Å². The van der Waals surface area contributed by atoms with Gasteiger partial charge in [-0.1, -0.05) is 0 Å². The minimum absolute atomic E-state index is 0.0999. The van der Waals surface area contributed by atoms with E-state index in [9.17, 15) is 13.6 Å². The number of pyridine rings is 1. The van der Waals surface area contributed by atoms with Gasteiger partial charge in [0.2, 0.25) is 11.8 Å². The van der Waals surface area contributed by atoms with Crippen LogP contribution >= 0.6 is 0 Å². The van der Waals surface area contributed by atoms with Crippen LogP contribution in [0.1, 0.15) is 24.8 Å². The molecule has 0 saturated carbocycles. The average Bonchev–Trinajstić information content (AvgIpc) is 2.86. The number of rotatable bonds is 6. The minimum Gasteiger partial charge on any atom is -0.481 e. The third kappa shape index (κ3) is 3.66. The fourth-order valence-corrected chi connectivity index (χ4v) is 2.48. The largest absolute Gasteiger partial charge is 0.481 e. The lowest BCUT2D eigenvalue weighted by Crippen LogP contribution is -2.32. The highest BCUT2D eigenvalue weighted by Gasteiger charge is 2.37. The summed E-state index contributed by atoms with van der Waals surface area (Å²) in [5.74, 6) is -3.45. The van der Waals surface area contributed by atoms with Crippen LogP contribution in [0, 0.1) is 5.92 Å². The molecular weight excluding hydrogens is 280 g/mol. The average molecular weight is 299 g/mol. The van der Waals surface area contributed by atoms with Crippen LogP contribution in [0.15, 0.2) is 18.3 Å². The molecular formula is C14H19F2N3O2. The second kappa shape index (κ2) is 6.34. The highest BCUT2D eigenvalue weighted by atomic mass is 19.3. The number of amides is 1. The fraction of sp³-hybridized carbons (Fsp3) is 0.571. The zero-order chi connectivity index (χ0) is 15.5. The first-order valence-electron chi connectivity index (χ1n) is 6.85. The lowest BCUT2D eigenvalue weighted by atomic mass is 9.95. The molecule has 21 heavy (non-hydrogen) atoms. The number of carbonyl (C=O) groups excluding carboxylic acids is 1. The van der Waals surface area contributed by atoms with Gasteiger partial charge in [-0.2, -0.15) is 0 Å². The SMILES string of the molecule is COc1cc(C(F)(F)CC[C@H]2C[C@@H](CN)NC2=O)ccn1. The lowest BCUT2D eigenvalue weighted by Gasteiger charge is -2.18. The molecule has 7 heteroatoms. The van der Waals surface area contributed by atoms with Crippen molar-refractivity contribution < 1.29 is 18.3 Å². The summed E-state index contributed by atoms with van der Waals surface area (Å²) in [6.45, 7) is 0.334. The van der Waals surface area contributed by atoms with Gasteiger partial charge in [-0.15, -0.1) is 0 Å².